The summed E-state index contributed by atoms with van der Waals surface area (Å²) in [5.41, 5.74) is 8.14. The second-order valence-electron chi connectivity index (χ2n) is 5.52. The predicted octanol–water partition coefficient (Wildman–Crippen LogP) is 5.06. The van der Waals surface area contributed by atoms with E-state index in [9.17, 15) is 0 Å². The molecule has 2 atom stereocenters. The molecule has 0 aromatic carbocycles. The van der Waals surface area contributed by atoms with Crippen LogP contribution in [0.1, 0.15) is 79.6 Å². The minimum absolute atomic E-state index is 0.0282. The van der Waals surface area contributed by atoms with Gasteiger partial charge in [0.25, 0.3) is 0 Å². The Kier molecular flexibility index (Phi) is 8.59. The zero-order valence-electron chi connectivity index (χ0n) is 12.7. The van der Waals surface area contributed by atoms with Crippen molar-refractivity contribution in [2.24, 2.45) is 11.7 Å². The van der Waals surface area contributed by atoms with Gasteiger partial charge in [-0.15, -0.1) is 0 Å². The van der Waals surface area contributed by atoms with E-state index in [2.05, 4.69) is 40.7 Å². The van der Waals surface area contributed by atoms with Crippen molar-refractivity contribution in [1.29, 1.82) is 0 Å². The third-order valence-corrected chi connectivity index (χ3v) is 4.15. The van der Waals surface area contributed by atoms with Gasteiger partial charge < -0.3 is 5.73 Å². The van der Waals surface area contributed by atoms with Crippen LogP contribution >= 0.6 is 0 Å². The Hall–Kier alpha value is -0.300. The van der Waals surface area contributed by atoms with Crippen LogP contribution in [-0.2, 0) is 0 Å². The highest BCUT2D eigenvalue weighted by Gasteiger charge is 2.24. The van der Waals surface area contributed by atoms with Gasteiger partial charge in [0.05, 0.1) is 0 Å². The minimum atomic E-state index is 0.0282. The molecule has 0 aliphatic rings. The first-order valence-corrected chi connectivity index (χ1v) is 7.46. The van der Waals surface area contributed by atoms with Crippen LogP contribution in [0.25, 0.3) is 0 Å². The van der Waals surface area contributed by atoms with Crippen molar-refractivity contribution in [1.82, 2.24) is 0 Å². The Balaban J connectivity index is 4.43. The monoisotopic (exact) mass is 239 g/mol. The van der Waals surface area contributed by atoms with Gasteiger partial charge in [-0.25, -0.2) is 0 Å². The standard InChI is InChI=1S/C16H33N/c1-6-10-11-12-16(17,9-4)13-15(8-3)14(5)7-2/h8,14H,6-7,9-13,17H2,1-5H3/b15-8-. The Bertz CT molecular complexity index is 220. The van der Waals surface area contributed by atoms with E-state index in [4.69, 9.17) is 5.73 Å². The molecule has 0 bridgehead atoms. The lowest BCUT2D eigenvalue weighted by Gasteiger charge is -2.31. The Morgan fingerprint density at radius 3 is 2.29 bits per heavy atom. The van der Waals surface area contributed by atoms with Crippen LogP contribution in [0, 0.1) is 5.92 Å². The highest BCUT2D eigenvalue weighted by molar-refractivity contribution is 5.10. The summed E-state index contributed by atoms with van der Waals surface area (Å²) in [4.78, 5) is 0. The van der Waals surface area contributed by atoms with Crippen molar-refractivity contribution in [2.75, 3.05) is 0 Å². The van der Waals surface area contributed by atoms with Crippen molar-refractivity contribution in [3.8, 4) is 0 Å². The number of allylic oxidation sites excluding steroid dienone is 1. The third-order valence-electron chi connectivity index (χ3n) is 4.15. The van der Waals surface area contributed by atoms with Gasteiger partial charge in [0, 0.05) is 5.54 Å². The molecule has 17 heavy (non-hydrogen) atoms. The van der Waals surface area contributed by atoms with Gasteiger partial charge in [-0.3, -0.25) is 0 Å². The van der Waals surface area contributed by atoms with Crippen LogP contribution in [0.5, 0.6) is 0 Å². The maximum absolute atomic E-state index is 6.57. The van der Waals surface area contributed by atoms with Crippen LogP contribution < -0.4 is 5.73 Å². The largest absolute Gasteiger partial charge is 0.325 e. The molecule has 0 heterocycles. The van der Waals surface area contributed by atoms with E-state index in [-0.39, 0.29) is 5.54 Å². The topological polar surface area (TPSA) is 26.0 Å². The van der Waals surface area contributed by atoms with E-state index in [0.29, 0.717) is 5.92 Å². The van der Waals surface area contributed by atoms with E-state index in [1.54, 1.807) is 5.57 Å². The summed E-state index contributed by atoms with van der Waals surface area (Å²) < 4.78 is 0. The molecule has 0 aliphatic carbocycles. The number of rotatable bonds is 9. The van der Waals surface area contributed by atoms with Gasteiger partial charge in [0.2, 0.25) is 0 Å². The van der Waals surface area contributed by atoms with Gasteiger partial charge in [-0.1, -0.05) is 58.6 Å². The molecular formula is C16H33N. The molecular weight excluding hydrogens is 206 g/mol. The molecule has 2 unspecified atom stereocenters. The fraction of sp³-hybridized carbons (Fsp3) is 0.875. The molecule has 2 N–H and O–H groups in total. The van der Waals surface area contributed by atoms with Crippen LogP contribution in [0.4, 0.5) is 0 Å². The lowest BCUT2D eigenvalue weighted by molar-refractivity contribution is 0.348. The average Bonchev–Trinajstić information content (AvgIpc) is 2.35. The summed E-state index contributed by atoms with van der Waals surface area (Å²) >= 11 is 0. The molecule has 1 nitrogen and oxygen atoms in total. The first-order chi connectivity index (χ1) is 8.02. The fourth-order valence-corrected chi connectivity index (χ4v) is 2.35. The first kappa shape index (κ1) is 16.7. The van der Waals surface area contributed by atoms with Crippen LogP contribution in [0.2, 0.25) is 0 Å². The molecule has 1 heteroatoms. The van der Waals surface area contributed by atoms with E-state index >= 15 is 0 Å². The van der Waals surface area contributed by atoms with Crippen molar-refractivity contribution < 1.29 is 0 Å². The second-order valence-corrected chi connectivity index (χ2v) is 5.52. The predicted molar refractivity (Wildman–Crippen MR) is 79.2 cm³/mol. The quantitative estimate of drug-likeness (QED) is 0.442. The third kappa shape index (κ3) is 6.26. The summed E-state index contributed by atoms with van der Waals surface area (Å²) in [5, 5.41) is 0. The molecule has 0 aromatic heterocycles. The summed E-state index contributed by atoms with van der Waals surface area (Å²) in [6.45, 7) is 11.2. The molecule has 0 amide bonds. The normalized spacial score (nSPS) is 17.9. The van der Waals surface area contributed by atoms with Crippen molar-refractivity contribution in [3.63, 3.8) is 0 Å². The lowest BCUT2D eigenvalue weighted by atomic mass is 9.80. The molecule has 0 aliphatic heterocycles. The van der Waals surface area contributed by atoms with Crippen LogP contribution in [-0.4, -0.2) is 5.54 Å². The number of hydrogen-bond acceptors (Lipinski definition) is 1. The SMILES string of the molecule is C/C=C(/CC(N)(CC)CCCCC)C(C)CC. The molecule has 0 saturated heterocycles. The highest BCUT2D eigenvalue weighted by atomic mass is 14.7. The molecule has 0 rings (SSSR count). The van der Waals surface area contributed by atoms with Crippen LogP contribution in [0.3, 0.4) is 0 Å². The summed E-state index contributed by atoms with van der Waals surface area (Å²) in [5.74, 6) is 0.681. The van der Waals surface area contributed by atoms with Crippen molar-refractivity contribution in [3.05, 3.63) is 11.6 Å². The maximum Gasteiger partial charge on any atom is 0.0189 e. The van der Waals surface area contributed by atoms with Gasteiger partial charge in [-0.05, 0) is 38.5 Å². The molecule has 0 saturated carbocycles. The zero-order valence-corrected chi connectivity index (χ0v) is 12.7. The fourth-order valence-electron chi connectivity index (χ4n) is 2.35. The average molecular weight is 239 g/mol. The summed E-state index contributed by atoms with van der Waals surface area (Å²) in [7, 11) is 0. The van der Waals surface area contributed by atoms with Crippen molar-refractivity contribution in [2.45, 2.75) is 85.1 Å². The van der Waals surface area contributed by atoms with E-state index in [1.807, 2.05) is 0 Å². The lowest BCUT2D eigenvalue weighted by Crippen LogP contribution is -2.40. The molecule has 0 radical (unpaired) electrons. The Labute approximate surface area is 109 Å². The number of unbranched alkanes of at least 4 members (excludes halogenated alkanes) is 2. The van der Waals surface area contributed by atoms with Crippen LogP contribution in [0.15, 0.2) is 11.6 Å². The maximum atomic E-state index is 6.57. The summed E-state index contributed by atoms with van der Waals surface area (Å²) in [6.07, 6.45) is 10.7. The van der Waals surface area contributed by atoms with Crippen molar-refractivity contribution >= 4 is 0 Å². The van der Waals surface area contributed by atoms with Gasteiger partial charge in [-0.2, -0.15) is 0 Å². The molecule has 0 aromatic rings. The Morgan fingerprint density at radius 2 is 1.88 bits per heavy atom. The number of hydrogen-bond donors (Lipinski definition) is 1. The van der Waals surface area contributed by atoms with E-state index in [0.717, 1.165) is 12.8 Å². The summed E-state index contributed by atoms with van der Waals surface area (Å²) in [6, 6.07) is 0. The highest BCUT2D eigenvalue weighted by Crippen LogP contribution is 2.29. The molecule has 0 fully saturated rings. The van der Waals surface area contributed by atoms with Gasteiger partial charge in [0.1, 0.15) is 0 Å². The Morgan fingerprint density at radius 1 is 1.24 bits per heavy atom. The van der Waals surface area contributed by atoms with E-state index < -0.39 is 0 Å². The smallest absolute Gasteiger partial charge is 0.0189 e. The molecule has 102 valence electrons. The van der Waals surface area contributed by atoms with Gasteiger partial charge in [0.15, 0.2) is 0 Å². The van der Waals surface area contributed by atoms with E-state index in [1.165, 1.54) is 32.1 Å². The first-order valence-electron chi connectivity index (χ1n) is 7.46. The second kappa shape index (κ2) is 8.74. The zero-order chi connectivity index (χ0) is 13.3. The number of nitrogens with two attached hydrogens (primary N) is 1. The minimum Gasteiger partial charge on any atom is -0.325 e. The molecule has 0 spiro atoms. The van der Waals surface area contributed by atoms with Gasteiger partial charge >= 0.3 is 0 Å².